The number of furan rings is 1. The van der Waals surface area contributed by atoms with Gasteiger partial charge in [0.05, 0.1) is 12.9 Å². The molecule has 90 valence electrons. The van der Waals surface area contributed by atoms with Crippen molar-refractivity contribution in [2.24, 2.45) is 0 Å². The third-order valence-electron chi connectivity index (χ3n) is 2.54. The lowest BCUT2D eigenvalue weighted by Crippen LogP contribution is -2.80. The Hall–Kier alpha value is -1.74. The summed E-state index contributed by atoms with van der Waals surface area (Å²) < 4.78 is 10.7. The molecule has 0 radical (unpaired) electrons. The van der Waals surface area contributed by atoms with Crippen molar-refractivity contribution in [3.05, 3.63) is 54.0 Å². The Morgan fingerprint density at radius 1 is 1.12 bits per heavy atom. The second-order valence-corrected chi connectivity index (χ2v) is 3.85. The van der Waals surface area contributed by atoms with Gasteiger partial charge in [-0.2, -0.15) is 0 Å². The fraction of sp³-hybridized carbons (Fsp3) is 0.286. The largest absolute Gasteiger partial charge is 0.494 e. The Bertz CT molecular complexity index is 420. The van der Waals surface area contributed by atoms with Crippen molar-refractivity contribution < 1.29 is 14.5 Å². The molecule has 3 nitrogen and oxygen atoms in total. The van der Waals surface area contributed by atoms with Gasteiger partial charge in [0, 0.05) is 5.56 Å². The van der Waals surface area contributed by atoms with Gasteiger partial charge in [-0.3, -0.25) is 0 Å². The molecule has 1 aromatic heterocycles. The maximum absolute atomic E-state index is 5.40. The standard InChI is InChI=1S/C14H17NO2/c1-2-16-13-7-5-12(6-8-13)10-15-11-14-4-3-9-17-14/h3-9,15H,2,10-11H2,1H3/p+1. The highest BCUT2D eigenvalue weighted by Crippen LogP contribution is 2.11. The summed E-state index contributed by atoms with van der Waals surface area (Å²) in [7, 11) is 0. The van der Waals surface area contributed by atoms with Gasteiger partial charge in [0.1, 0.15) is 18.8 Å². The van der Waals surface area contributed by atoms with E-state index in [1.165, 1.54) is 5.56 Å². The van der Waals surface area contributed by atoms with Crippen molar-refractivity contribution in [2.45, 2.75) is 20.0 Å². The smallest absolute Gasteiger partial charge is 0.157 e. The molecule has 0 saturated carbocycles. The molecule has 1 heterocycles. The molecular formula is C14H18NO2+. The van der Waals surface area contributed by atoms with Crippen molar-refractivity contribution in [1.29, 1.82) is 0 Å². The number of nitrogens with two attached hydrogens (primary N) is 1. The van der Waals surface area contributed by atoms with Gasteiger partial charge in [-0.05, 0) is 43.3 Å². The lowest BCUT2D eigenvalue weighted by atomic mass is 10.2. The van der Waals surface area contributed by atoms with Gasteiger partial charge in [-0.1, -0.05) is 0 Å². The van der Waals surface area contributed by atoms with E-state index in [1.54, 1.807) is 6.26 Å². The Labute approximate surface area is 101 Å². The molecule has 0 aliphatic heterocycles. The Balaban J connectivity index is 1.79. The quantitative estimate of drug-likeness (QED) is 0.826. The maximum Gasteiger partial charge on any atom is 0.157 e. The van der Waals surface area contributed by atoms with Crippen LogP contribution >= 0.6 is 0 Å². The first kappa shape index (κ1) is 11.7. The highest BCUT2D eigenvalue weighted by molar-refractivity contribution is 5.26. The highest BCUT2D eigenvalue weighted by atomic mass is 16.5. The molecule has 3 heteroatoms. The van der Waals surface area contributed by atoms with Crippen molar-refractivity contribution >= 4 is 0 Å². The molecule has 0 aliphatic carbocycles. The molecular weight excluding hydrogens is 214 g/mol. The van der Waals surface area contributed by atoms with Crippen LogP contribution in [0.5, 0.6) is 5.75 Å². The first-order chi connectivity index (χ1) is 8.38. The first-order valence-electron chi connectivity index (χ1n) is 5.94. The summed E-state index contributed by atoms with van der Waals surface area (Å²) >= 11 is 0. The fourth-order valence-corrected chi connectivity index (χ4v) is 1.70. The summed E-state index contributed by atoms with van der Waals surface area (Å²) in [6.45, 7) is 4.53. The maximum atomic E-state index is 5.40. The summed E-state index contributed by atoms with van der Waals surface area (Å²) in [6.07, 6.45) is 1.71. The predicted molar refractivity (Wildman–Crippen MR) is 65.7 cm³/mol. The van der Waals surface area contributed by atoms with E-state index in [1.807, 2.05) is 31.2 Å². The van der Waals surface area contributed by atoms with Crippen molar-refractivity contribution in [1.82, 2.24) is 0 Å². The second-order valence-electron chi connectivity index (χ2n) is 3.85. The summed E-state index contributed by atoms with van der Waals surface area (Å²) in [5.74, 6) is 1.94. The molecule has 0 spiro atoms. The minimum atomic E-state index is 0.712. The zero-order valence-electron chi connectivity index (χ0n) is 10.1. The number of hydrogen-bond acceptors (Lipinski definition) is 2. The van der Waals surface area contributed by atoms with Crippen LogP contribution in [0.15, 0.2) is 47.1 Å². The van der Waals surface area contributed by atoms with Crippen LogP contribution in [0.1, 0.15) is 18.2 Å². The van der Waals surface area contributed by atoms with E-state index >= 15 is 0 Å². The van der Waals surface area contributed by atoms with Crippen molar-refractivity contribution in [3.8, 4) is 5.75 Å². The molecule has 2 rings (SSSR count). The second kappa shape index (κ2) is 6.11. The third kappa shape index (κ3) is 3.64. The fourth-order valence-electron chi connectivity index (χ4n) is 1.70. The molecule has 0 fully saturated rings. The van der Waals surface area contributed by atoms with Gasteiger partial charge in [0.15, 0.2) is 5.76 Å². The average Bonchev–Trinajstić information content (AvgIpc) is 2.85. The molecule has 0 bridgehead atoms. The molecule has 17 heavy (non-hydrogen) atoms. The van der Waals surface area contributed by atoms with Crippen LogP contribution in [-0.2, 0) is 13.1 Å². The molecule has 2 N–H and O–H groups in total. The Morgan fingerprint density at radius 3 is 2.59 bits per heavy atom. The topological polar surface area (TPSA) is 39.0 Å². The zero-order valence-corrected chi connectivity index (χ0v) is 10.1. The average molecular weight is 232 g/mol. The van der Waals surface area contributed by atoms with Gasteiger partial charge in [0.2, 0.25) is 0 Å². The summed E-state index contributed by atoms with van der Waals surface area (Å²) in [6, 6.07) is 12.1. The third-order valence-corrected chi connectivity index (χ3v) is 2.54. The summed E-state index contributed by atoms with van der Waals surface area (Å²) in [5.41, 5.74) is 1.29. The molecule has 0 unspecified atom stereocenters. The van der Waals surface area contributed by atoms with E-state index in [0.717, 1.165) is 24.6 Å². The number of rotatable bonds is 6. The van der Waals surface area contributed by atoms with Crippen LogP contribution in [0.25, 0.3) is 0 Å². The van der Waals surface area contributed by atoms with Crippen molar-refractivity contribution in [2.75, 3.05) is 6.61 Å². The molecule has 0 atom stereocenters. The number of quaternary nitrogens is 1. The van der Waals surface area contributed by atoms with Crippen LogP contribution in [0.2, 0.25) is 0 Å². The van der Waals surface area contributed by atoms with E-state index in [9.17, 15) is 0 Å². The van der Waals surface area contributed by atoms with Crippen LogP contribution in [0.3, 0.4) is 0 Å². The molecule has 0 saturated heterocycles. The first-order valence-corrected chi connectivity index (χ1v) is 5.94. The van der Waals surface area contributed by atoms with E-state index < -0.39 is 0 Å². The Kier molecular flexibility index (Phi) is 4.22. The lowest BCUT2D eigenvalue weighted by Gasteiger charge is -2.04. The highest BCUT2D eigenvalue weighted by Gasteiger charge is 2.00. The molecule has 0 amide bonds. The van der Waals surface area contributed by atoms with Gasteiger partial charge >= 0.3 is 0 Å². The van der Waals surface area contributed by atoms with Crippen LogP contribution in [-0.4, -0.2) is 6.61 Å². The minimum absolute atomic E-state index is 0.712. The van der Waals surface area contributed by atoms with Gasteiger partial charge in [-0.15, -0.1) is 0 Å². The van der Waals surface area contributed by atoms with Crippen molar-refractivity contribution in [3.63, 3.8) is 0 Å². The predicted octanol–water partition coefficient (Wildman–Crippen LogP) is 1.94. The van der Waals surface area contributed by atoms with Crippen LogP contribution in [0.4, 0.5) is 0 Å². The van der Waals surface area contributed by atoms with E-state index in [-0.39, 0.29) is 0 Å². The van der Waals surface area contributed by atoms with Crippen LogP contribution < -0.4 is 10.1 Å². The lowest BCUT2D eigenvalue weighted by molar-refractivity contribution is -0.687. The minimum Gasteiger partial charge on any atom is -0.494 e. The Morgan fingerprint density at radius 2 is 1.94 bits per heavy atom. The summed E-state index contributed by atoms with van der Waals surface area (Å²) in [5, 5.41) is 2.22. The van der Waals surface area contributed by atoms with Gasteiger partial charge < -0.3 is 14.5 Å². The zero-order chi connectivity index (χ0) is 11.9. The van der Waals surface area contributed by atoms with E-state index in [2.05, 4.69) is 17.4 Å². The number of ether oxygens (including phenoxy) is 1. The van der Waals surface area contributed by atoms with Gasteiger partial charge in [0.25, 0.3) is 0 Å². The monoisotopic (exact) mass is 232 g/mol. The summed E-state index contributed by atoms with van der Waals surface area (Å²) in [4.78, 5) is 0. The number of benzene rings is 1. The number of hydrogen-bond donors (Lipinski definition) is 1. The molecule has 1 aromatic carbocycles. The SMILES string of the molecule is CCOc1ccc(C[NH2+]Cc2ccco2)cc1. The van der Waals surface area contributed by atoms with Crippen LogP contribution in [0, 0.1) is 0 Å². The van der Waals surface area contributed by atoms with E-state index in [4.69, 9.17) is 9.15 Å². The molecule has 0 aliphatic rings. The molecule has 2 aromatic rings. The normalized spacial score (nSPS) is 10.4. The van der Waals surface area contributed by atoms with Gasteiger partial charge in [-0.25, -0.2) is 0 Å². The van der Waals surface area contributed by atoms with E-state index in [0.29, 0.717) is 6.61 Å².